The van der Waals surface area contributed by atoms with E-state index in [0.29, 0.717) is 19.0 Å². The van der Waals surface area contributed by atoms with Crippen LogP contribution in [0.15, 0.2) is 0 Å². The summed E-state index contributed by atoms with van der Waals surface area (Å²) in [4.78, 5) is 25.3. The first-order valence-electron chi connectivity index (χ1n) is 5.23. The van der Waals surface area contributed by atoms with E-state index >= 15 is 0 Å². The standard InChI is InChI=1S/C11H16N2O3/c1-3-5-12(8-10(14)15)11(16)13-6-4-9(2)7-13/h1,9H,4-8H2,2H3,(H,14,15). The van der Waals surface area contributed by atoms with Crippen LogP contribution in [0, 0.1) is 18.3 Å². The van der Waals surface area contributed by atoms with Gasteiger partial charge in [0.15, 0.2) is 0 Å². The second-order valence-corrected chi connectivity index (χ2v) is 4.08. The quantitative estimate of drug-likeness (QED) is 0.709. The van der Waals surface area contributed by atoms with Crippen molar-refractivity contribution in [2.24, 2.45) is 5.92 Å². The van der Waals surface area contributed by atoms with Crippen LogP contribution in [0.5, 0.6) is 0 Å². The minimum absolute atomic E-state index is 0.0377. The monoisotopic (exact) mass is 224 g/mol. The molecule has 1 heterocycles. The molecule has 1 rings (SSSR count). The maximum Gasteiger partial charge on any atom is 0.323 e. The van der Waals surface area contributed by atoms with Crippen LogP contribution in [-0.4, -0.2) is 53.1 Å². The van der Waals surface area contributed by atoms with E-state index in [9.17, 15) is 9.59 Å². The number of carboxylic acids is 1. The first-order valence-corrected chi connectivity index (χ1v) is 5.23. The van der Waals surface area contributed by atoms with E-state index in [1.807, 2.05) is 0 Å². The lowest BCUT2D eigenvalue weighted by molar-refractivity contribution is -0.137. The lowest BCUT2D eigenvalue weighted by Crippen LogP contribution is -2.44. The van der Waals surface area contributed by atoms with Crippen LogP contribution >= 0.6 is 0 Å². The molecular formula is C11H16N2O3. The summed E-state index contributed by atoms with van der Waals surface area (Å²) in [5, 5.41) is 8.67. The number of likely N-dealkylation sites (tertiary alicyclic amines) is 1. The number of carbonyl (C=O) groups excluding carboxylic acids is 1. The second kappa shape index (κ2) is 5.40. The third kappa shape index (κ3) is 3.16. The maximum atomic E-state index is 11.9. The number of amides is 2. The van der Waals surface area contributed by atoms with Gasteiger partial charge in [0.2, 0.25) is 0 Å². The second-order valence-electron chi connectivity index (χ2n) is 4.08. The lowest BCUT2D eigenvalue weighted by Gasteiger charge is -2.25. The minimum Gasteiger partial charge on any atom is -0.480 e. The number of hydrogen-bond acceptors (Lipinski definition) is 2. The van der Waals surface area contributed by atoms with Gasteiger partial charge in [0, 0.05) is 13.1 Å². The summed E-state index contributed by atoms with van der Waals surface area (Å²) in [5.41, 5.74) is 0. The summed E-state index contributed by atoms with van der Waals surface area (Å²) < 4.78 is 0. The molecular weight excluding hydrogens is 208 g/mol. The Morgan fingerprint density at radius 1 is 1.62 bits per heavy atom. The van der Waals surface area contributed by atoms with Crippen LogP contribution in [0.1, 0.15) is 13.3 Å². The van der Waals surface area contributed by atoms with E-state index < -0.39 is 5.97 Å². The van der Waals surface area contributed by atoms with Gasteiger partial charge in [-0.3, -0.25) is 4.79 Å². The number of nitrogens with zero attached hydrogens (tertiary/aromatic N) is 2. The molecule has 0 spiro atoms. The average molecular weight is 224 g/mol. The normalized spacial score (nSPS) is 19.2. The van der Waals surface area contributed by atoms with E-state index in [0.717, 1.165) is 6.42 Å². The number of aliphatic carboxylic acids is 1. The van der Waals surface area contributed by atoms with Crippen molar-refractivity contribution in [2.45, 2.75) is 13.3 Å². The Morgan fingerprint density at radius 3 is 2.75 bits per heavy atom. The van der Waals surface area contributed by atoms with Crippen LogP contribution in [0.4, 0.5) is 4.79 Å². The van der Waals surface area contributed by atoms with Crippen molar-refractivity contribution in [3.8, 4) is 12.3 Å². The fourth-order valence-electron chi connectivity index (χ4n) is 1.77. The first kappa shape index (κ1) is 12.4. The van der Waals surface area contributed by atoms with Crippen molar-refractivity contribution in [1.29, 1.82) is 0 Å². The molecule has 1 N–H and O–H groups in total. The third-order valence-corrected chi connectivity index (χ3v) is 2.57. The summed E-state index contributed by atoms with van der Waals surface area (Å²) in [6, 6.07) is -0.273. The van der Waals surface area contributed by atoms with Gasteiger partial charge in [-0.2, -0.15) is 0 Å². The lowest BCUT2D eigenvalue weighted by atomic mass is 10.2. The molecule has 0 aromatic carbocycles. The Labute approximate surface area is 95.0 Å². The number of rotatable bonds is 3. The highest BCUT2D eigenvalue weighted by Crippen LogP contribution is 2.16. The molecule has 1 fully saturated rings. The molecule has 5 nitrogen and oxygen atoms in total. The van der Waals surface area contributed by atoms with Crippen molar-refractivity contribution in [1.82, 2.24) is 9.80 Å². The first-order chi connectivity index (χ1) is 7.54. The Hall–Kier alpha value is -1.70. The molecule has 0 radical (unpaired) electrons. The third-order valence-electron chi connectivity index (χ3n) is 2.57. The molecule has 0 saturated carbocycles. The Bertz CT molecular complexity index is 322. The predicted molar refractivity (Wildman–Crippen MR) is 58.8 cm³/mol. The fraction of sp³-hybridized carbons (Fsp3) is 0.636. The van der Waals surface area contributed by atoms with Crippen molar-refractivity contribution in [2.75, 3.05) is 26.2 Å². The van der Waals surface area contributed by atoms with Crippen LogP contribution in [0.2, 0.25) is 0 Å². The van der Waals surface area contributed by atoms with Gasteiger partial charge >= 0.3 is 12.0 Å². The van der Waals surface area contributed by atoms with Crippen LogP contribution in [0.25, 0.3) is 0 Å². The molecule has 1 atom stereocenters. The van der Waals surface area contributed by atoms with Crippen molar-refractivity contribution in [3.05, 3.63) is 0 Å². The van der Waals surface area contributed by atoms with E-state index in [1.54, 1.807) is 4.90 Å². The molecule has 2 amide bonds. The number of hydrogen-bond donors (Lipinski definition) is 1. The molecule has 1 aliphatic heterocycles. The molecule has 88 valence electrons. The Kier molecular flexibility index (Phi) is 4.18. The minimum atomic E-state index is -1.05. The highest BCUT2D eigenvalue weighted by atomic mass is 16.4. The SMILES string of the molecule is C#CCN(CC(=O)O)C(=O)N1CCC(C)C1. The van der Waals surface area contributed by atoms with Crippen molar-refractivity contribution in [3.63, 3.8) is 0 Å². The molecule has 0 aromatic rings. The molecule has 0 aliphatic carbocycles. The van der Waals surface area contributed by atoms with Gasteiger partial charge < -0.3 is 14.9 Å². The van der Waals surface area contributed by atoms with E-state index in [4.69, 9.17) is 11.5 Å². The molecule has 1 unspecified atom stereocenters. The molecule has 1 saturated heterocycles. The smallest absolute Gasteiger partial charge is 0.323 e. The number of carbonyl (C=O) groups is 2. The van der Waals surface area contributed by atoms with Crippen LogP contribution in [-0.2, 0) is 4.79 Å². The van der Waals surface area contributed by atoms with Gasteiger partial charge in [-0.15, -0.1) is 6.42 Å². The summed E-state index contributed by atoms with van der Waals surface area (Å²) in [6.45, 7) is 3.13. The van der Waals surface area contributed by atoms with Crippen LogP contribution in [0.3, 0.4) is 0 Å². The summed E-state index contributed by atoms with van der Waals surface area (Å²) in [5.74, 6) is 1.73. The zero-order valence-corrected chi connectivity index (χ0v) is 9.35. The van der Waals surface area contributed by atoms with E-state index in [-0.39, 0.29) is 19.1 Å². The van der Waals surface area contributed by atoms with E-state index in [2.05, 4.69) is 12.8 Å². The number of terminal acetylenes is 1. The van der Waals surface area contributed by atoms with Gasteiger partial charge in [-0.1, -0.05) is 12.8 Å². The summed E-state index contributed by atoms with van der Waals surface area (Å²) >= 11 is 0. The highest BCUT2D eigenvalue weighted by Gasteiger charge is 2.27. The van der Waals surface area contributed by atoms with Crippen molar-refractivity contribution < 1.29 is 14.7 Å². The number of urea groups is 1. The Balaban J connectivity index is 2.60. The zero-order chi connectivity index (χ0) is 12.1. The van der Waals surface area contributed by atoms with Crippen LogP contribution < -0.4 is 0 Å². The van der Waals surface area contributed by atoms with Crippen molar-refractivity contribution >= 4 is 12.0 Å². The zero-order valence-electron chi connectivity index (χ0n) is 9.35. The number of carboxylic acid groups (broad SMARTS) is 1. The molecule has 1 aliphatic rings. The fourth-order valence-corrected chi connectivity index (χ4v) is 1.77. The predicted octanol–water partition coefficient (Wildman–Crippen LogP) is 0.468. The molecule has 0 bridgehead atoms. The van der Waals surface area contributed by atoms with Gasteiger partial charge in [-0.25, -0.2) is 4.79 Å². The molecule has 5 heteroatoms. The average Bonchev–Trinajstić information content (AvgIpc) is 2.62. The summed E-state index contributed by atoms with van der Waals surface area (Å²) in [7, 11) is 0. The van der Waals surface area contributed by atoms with Gasteiger partial charge in [0.05, 0.1) is 6.54 Å². The summed E-state index contributed by atoms with van der Waals surface area (Å²) in [6.07, 6.45) is 6.07. The Morgan fingerprint density at radius 2 is 2.31 bits per heavy atom. The largest absolute Gasteiger partial charge is 0.480 e. The van der Waals surface area contributed by atoms with Gasteiger partial charge in [0.1, 0.15) is 6.54 Å². The van der Waals surface area contributed by atoms with Gasteiger partial charge in [0.25, 0.3) is 0 Å². The highest BCUT2D eigenvalue weighted by molar-refractivity contribution is 5.80. The molecule has 16 heavy (non-hydrogen) atoms. The maximum absolute atomic E-state index is 11.9. The van der Waals surface area contributed by atoms with Gasteiger partial charge in [-0.05, 0) is 12.3 Å². The molecule has 0 aromatic heterocycles. The topological polar surface area (TPSA) is 60.9 Å². The van der Waals surface area contributed by atoms with E-state index in [1.165, 1.54) is 4.90 Å².